The summed E-state index contributed by atoms with van der Waals surface area (Å²) in [5.41, 5.74) is 0.734. The second-order valence-corrected chi connectivity index (χ2v) is 5.90. The molecular formula is C20H17N3O6. The summed E-state index contributed by atoms with van der Waals surface area (Å²) in [5.74, 6) is -1.06. The molecule has 3 rings (SSSR count). The molecule has 3 N–H and O–H groups in total. The minimum absolute atomic E-state index is 0.247. The van der Waals surface area contributed by atoms with Crippen LogP contribution in [-0.2, 0) is 14.4 Å². The lowest BCUT2D eigenvalue weighted by atomic mass is 10.1. The highest BCUT2D eigenvalue weighted by molar-refractivity contribution is 6.31. The summed E-state index contributed by atoms with van der Waals surface area (Å²) < 4.78 is 10.6. The molecule has 0 spiro atoms. The van der Waals surface area contributed by atoms with Gasteiger partial charge in [-0.15, -0.1) is 0 Å². The van der Waals surface area contributed by atoms with Gasteiger partial charge in [-0.05, 0) is 36.4 Å². The molecule has 0 aromatic heterocycles. The summed E-state index contributed by atoms with van der Waals surface area (Å²) in [7, 11) is 1.55. The number of imide groups is 2. The van der Waals surface area contributed by atoms with Gasteiger partial charge in [0.1, 0.15) is 17.1 Å². The lowest BCUT2D eigenvalue weighted by Gasteiger charge is -2.15. The van der Waals surface area contributed by atoms with Crippen LogP contribution in [-0.4, -0.2) is 37.5 Å². The van der Waals surface area contributed by atoms with E-state index in [1.54, 1.807) is 55.6 Å². The molecular weight excluding hydrogens is 378 g/mol. The molecule has 1 aliphatic heterocycles. The predicted octanol–water partition coefficient (Wildman–Crippen LogP) is 1.46. The van der Waals surface area contributed by atoms with Crippen LogP contribution in [0.5, 0.6) is 11.5 Å². The van der Waals surface area contributed by atoms with Gasteiger partial charge in [0.25, 0.3) is 17.7 Å². The van der Waals surface area contributed by atoms with Gasteiger partial charge in [-0.1, -0.05) is 18.2 Å². The molecule has 0 saturated carbocycles. The molecule has 1 saturated heterocycles. The van der Waals surface area contributed by atoms with Gasteiger partial charge in [-0.2, -0.15) is 0 Å². The molecule has 1 aliphatic rings. The highest BCUT2D eigenvalue weighted by Gasteiger charge is 2.28. The molecule has 9 nitrogen and oxygen atoms in total. The van der Waals surface area contributed by atoms with Gasteiger partial charge in [0.2, 0.25) is 0 Å². The van der Waals surface area contributed by atoms with Crippen LogP contribution >= 0.6 is 0 Å². The number of hydrogen-bond donors (Lipinski definition) is 3. The van der Waals surface area contributed by atoms with Crippen molar-refractivity contribution in [1.82, 2.24) is 10.6 Å². The zero-order valence-electron chi connectivity index (χ0n) is 15.4. The third-order valence-corrected chi connectivity index (χ3v) is 3.89. The summed E-state index contributed by atoms with van der Waals surface area (Å²) in [6.45, 7) is -0.289. The number of nitrogens with one attached hydrogen (secondary N) is 3. The SMILES string of the molecule is COc1ccc(NC(=O)COc2ccccc2C=C2C(=O)NC(=O)NC2=O)cc1. The average molecular weight is 395 g/mol. The molecule has 0 radical (unpaired) electrons. The number of ether oxygens (including phenoxy) is 2. The first-order valence-corrected chi connectivity index (χ1v) is 8.50. The smallest absolute Gasteiger partial charge is 0.328 e. The molecule has 9 heteroatoms. The van der Waals surface area contributed by atoms with E-state index in [0.717, 1.165) is 0 Å². The standard InChI is InChI=1S/C20H17N3O6/c1-28-14-8-6-13(7-9-14)21-17(24)11-29-16-5-3-2-4-12(16)10-15-18(25)22-20(27)23-19(15)26/h2-10H,11H2,1H3,(H,21,24)(H2,22,23,25,26,27). The zero-order valence-corrected chi connectivity index (χ0v) is 15.4. The number of benzene rings is 2. The molecule has 0 bridgehead atoms. The number of carbonyl (C=O) groups is 4. The van der Waals surface area contributed by atoms with Crippen molar-refractivity contribution in [3.63, 3.8) is 0 Å². The number of carbonyl (C=O) groups excluding carboxylic acids is 4. The van der Waals surface area contributed by atoms with Gasteiger partial charge in [-0.25, -0.2) is 4.79 Å². The molecule has 2 aromatic rings. The Hall–Kier alpha value is -4.14. The second-order valence-electron chi connectivity index (χ2n) is 5.90. The Morgan fingerprint density at radius 1 is 1.00 bits per heavy atom. The Morgan fingerprint density at radius 3 is 2.31 bits per heavy atom. The maximum absolute atomic E-state index is 12.1. The molecule has 0 unspecified atom stereocenters. The van der Waals surface area contributed by atoms with Gasteiger partial charge in [0.15, 0.2) is 6.61 Å². The van der Waals surface area contributed by atoms with Crippen molar-refractivity contribution in [1.29, 1.82) is 0 Å². The van der Waals surface area contributed by atoms with Crippen molar-refractivity contribution in [3.05, 3.63) is 59.7 Å². The van der Waals surface area contributed by atoms with E-state index in [1.165, 1.54) is 6.08 Å². The van der Waals surface area contributed by atoms with Crippen LogP contribution in [0.25, 0.3) is 6.08 Å². The summed E-state index contributed by atoms with van der Waals surface area (Å²) >= 11 is 0. The zero-order chi connectivity index (χ0) is 20.8. The van der Waals surface area contributed by atoms with Crippen LogP contribution in [0.1, 0.15) is 5.56 Å². The molecule has 1 fully saturated rings. The van der Waals surface area contributed by atoms with Crippen LogP contribution in [0, 0.1) is 0 Å². The van der Waals surface area contributed by atoms with E-state index in [1.807, 2.05) is 10.6 Å². The van der Waals surface area contributed by atoms with Gasteiger partial charge < -0.3 is 14.8 Å². The number of rotatable bonds is 6. The monoisotopic (exact) mass is 395 g/mol. The summed E-state index contributed by atoms with van der Waals surface area (Å²) in [5, 5.41) is 6.67. The normalized spacial score (nSPS) is 13.3. The molecule has 1 heterocycles. The Balaban J connectivity index is 1.68. The Bertz CT molecular complexity index is 976. The van der Waals surface area contributed by atoms with Gasteiger partial charge in [-0.3, -0.25) is 25.0 Å². The van der Waals surface area contributed by atoms with E-state index in [0.29, 0.717) is 22.7 Å². The first-order chi connectivity index (χ1) is 14.0. The van der Waals surface area contributed by atoms with Crippen LogP contribution in [0.15, 0.2) is 54.1 Å². The van der Waals surface area contributed by atoms with Crippen LogP contribution < -0.4 is 25.4 Å². The molecule has 29 heavy (non-hydrogen) atoms. The van der Waals surface area contributed by atoms with Crippen molar-refractivity contribution >= 4 is 35.5 Å². The first-order valence-electron chi connectivity index (χ1n) is 8.50. The maximum Gasteiger partial charge on any atom is 0.328 e. The second kappa shape index (κ2) is 8.70. The van der Waals surface area contributed by atoms with Gasteiger partial charge >= 0.3 is 6.03 Å². The van der Waals surface area contributed by atoms with E-state index in [2.05, 4.69) is 5.32 Å². The van der Waals surface area contributed by atoms with Crippen molar-refractivity contribution in [2.45, 2.75) is 0 Å². The van der Waals surface area contributed by atoms with Crippen LogP contribution in [0.3, 0.4) is 0 Å². The summed E-state index contributed by atoms with van der Waals surface area (Å²) in [4.78, 5) is 47.0. The van der Waals surface area contributed by atoms with Gasteiger partial charge in [0, 0.05) is 11.3 Å². The van der Waals surface area contributed by atoms with E-state index in [9.17, 15) is 19.2 Å². The predicted molar refractivity (Wildman–Crippen MR) is 103 cm³/mol. The highest BCUT2D eigenvalue weighted by Crippen LogP contribution is 2.22. The van der Waals surface area contributed by atoms with Crippen LogP contribution in [0.2, 0.25) is 0 Å². The van der Waals surface area contributed by atoms with Crippen molar-refractivity contribution < 1.29 is 28.7 Å². The number of barbiturate groups is 1. The molecule has 5 amide bonds. The van der Waals surface area contributed by atoms with Crippen molar-refractivity contribution in [3.8, 4) is 11.5 Å². The third kappa shape index (κ3) is 4.98. The first kappa shape index (κ1) is 19.6. The van der Waals surface area contributed by atoms with E-state index < -0.39 is 23.8 Å². The largest absolute Gasteiger partial charge is 0.497 e. The number of urea groups is 1. The third-order valence-electron chi connectivity index (χ3n) is 3.89. The lowest BCUT2D eigenvalue weighted by Crippen LogP contribution is -2.51. The fraction of sp³-hybridized carbons (Fsp3) is 0.100. The number of anilines is 1. The average Bonchev–Trinajstić information content (AvgIpc) is 2.70. The molecule has 0 atom stereocenters. The van der Waals surface area contributed by atoms with Crippen molar-refractivity contribution in [2.24, 2.45) is 0 Å². The Labute approximate surface area is 165 Å². The molecule has 2 aromatic carbocycles. The molecule has 148 valence electrons. The summed E-state index contributed by atoms with van der Waals surface area (Å²) in [6.07, 6.45) is 1.29. The van der Waals surface area contributed by atoms with E-state index in [-0.39, 0.29) is 12.2 Å². The minimum atomic E-state index is -0.878. The topological polar surface area (TPSA) is 123 Å². The van der Waals surface area contributed by atoms with Crippen LogP contribution in [0.4, 0.5) is 10.5 Å². The highest BCUT2D eigenvalue weighted by atomic mass is 16.5. The van der Waals surface area contributed by atoms with E-state index >= 15 is 0 Å². The quantitative estimate of drug-likeness (QED) is 0.503. The number of para-hydroxylation sites is 1. The number of hydrogen-bond acceptors (Lipinski definition) is 6. The maximum atomic E-state index is 12.1. The Kier molecular flexibility index (Phi) is 5.88. The fourth-order valence-electron chi connectivity index (χ4n) is 2.51. The Morgan fingerprint density at radius 2 is 1.66 bits per heavy atom. The van der Waals surface area contributed by atoms with E-state index in [4.69, 9.17) is 9.47 Å². The lowest BCUT2D eigenvalue weighted by molar-refractivity contribution is -0.124. The minimum Gasteiger partial charge on any atom is -0.497 e. The number of amides is 5. The van der Waals surface area contributed by atoms with Gasteiger partial charge in [0.05, 0.1) is 7.11 Å². The fourth-order valence-corrected chi connectivity index (χ4v) is 2.51. The summed E-state index contributed by atoms with van der Waals surface area (Å²) in [6, 6.07) is 12.5. The van der Waals surface area contributed by atoms with Crippen molar-refractivity contribution in [2.75, 3.05) is 19.0 Å². The molecule has 0 aliphatic carbocycles. The number of methoxy groups -OCH3 is 1.